The van der Waals surface area contributed by atoms with Gasteiger partial charge in [-0.25, -0.2) is 9.79 Å². The average molecular weight is 502 g/mol. The summed E-state index contributed by atoms with van der Waals surface area (Å²) in [5.41, 5.74) is 2.60. The number of amidine groups is 1. The van der Waals surface area contributed by atoms with Crippen LogP contribution < -0.4 is 9.47 Å². The zero-order valence-electron chi connectivity index (χ0n) is 20.5. The molecule has 188 valence electrons. The third-order valence-corrected chi connectivity index (χ3v) is 7.14. The first-order valence-corrected chi connectivity index (χ1v) is 12.5. The Morgan fingerprint density at radius 3 is 2.51 bits per heavy atom. The van der Waals surface area contributed by atoms with E-state index in [-0.39, 0.29) is 18.9 Å². The molecule has 1 atom stereocenters. The Labute approximate surface area is 209 Å². The van der Waals surface area contributed by atoms with Gasteiger partial charge in [-0.05, 0) is 42.9 Å². The van der Waals surface area contributed by atoms with E-state index in [1.807, 2.05) is 33.4 Å². The number of carbonyl (C=O) groups excluding carboxylic acids is 2. The number of allylic oxidation sites excluding steroid dienone is 1. The molecule has 3 aliphatic heterocycles. The number of nitrogens with zero attached hydrogens (tertiary/aromatic N) is 3. The summed E-state index contributed by atoms with van der Waals surface area (Å²) in [6.45, 7) is 3.80. The van der Waals surface area contributed by atoms with Crippen LogP contribution in [0.5, 0.6) is 11.5 Å². The molecule has 1 fully saturated rings. The second-order valence-corrected chi connectivity index (χ2v) is 9.24. The van der Waals surface area contributed by atoms with E-state index >= 15 is 0 Å². The number of thioether (sulfide) groups is 1. The van der Waals surface area contributed by atoms with Gasteiger partial charge in [-0.3, -0.25) is 4.79 Å². The maximum absolute atomic E-state index is 13.3. The molecule has 0 bridgehead atoms. The molecule has 3 heterocycles. The van der Waals surface area contributed by atoms with Crippen LogP contribution in [0.4, 0.5) is 0 Å². The summed E-state index contributed by atoms with van der Waals surface area (Å²) in [6, 6.07) is 5.02. The summed E-state index contributed by atoms with van der Waals surface area (Å²) in [4.78, 5) is 34.9. The van der Waals surface area contributed by atoms with Gasteiger partial charge in [0.05, 0.1) is 44.6 Å². The van der Waals surface area contributed by atoms with Crippen molar-refractivity contribution in [2.75, 3.05) is 47.6 Å². The number of ether oxygens (including phenoxy) is 4. The minimum atomic E-state index is -0.537. The fourth-order valence-electron chi connectivity index (χ4n) is 4.50. The van der Waals surface area contributed by atoms with Crippen LogP contribution in [0, 0.1) is 0 Å². The number of amides is 1. The zero-order chi connectivity index (χ0) is 24.9. The highest BCUT2D eigenvalue weighted by Gasteiger charge is 2.41. The highest BCUT2D eigenvalue weighted by Crippen LogP contribution is 2.46. The van der Waals surface area contributed by atoms with Crippen LogP contribution in [0.2, 0.25) is 0 Å². The summed E-state index contributed by atoms with van der Waals surface area (Å²) in [6.07, 6.45) is 2.30. The number of hydrogen-bond donors (Lipinski definition) is 0. The van der Waals surface area contributed by atoms with Gasteiger partial charge in [0, 0.05) is 25.9 Å². The van der Waals surface area contributed by atoms with Gasteiger partial charge in [0.1, 0.15) is 6.61 Å². The number of methoxy groups -OCH3 is 3. The summed E-state index contributed by atoms with van der Waals surface area (Å²) in [7, 11) is 4.70. The van der Waals surface area contributed by atoms with Crippen molar-refractivity contribution in [2.24, 2.45) is 4.99 Å². The van der Waals surface area contributed by atoms with Gasteiger partial charge in [-0.2, -0.15) is 0 Å². The van der Waals surface area contributed by atoms with Crippen molar-refractivity contribution < 1.29 is 28.5 Å². The summed E-state index contributed by atoms with van der Waals surface area (Å²) < 4.78 is 21.5. The van der Waals surface area contributed by atoms with E-state index in [1.165, 1.54) is 11.8 Å². The molecule has 1 aromatic carbocycles. The number of hydrogen-bond acceptors (Lipinski definition) is 9. The van der Waals surface area contributed by atoms with Crippen molar-refractivity contribution in [3.8, 4) is 11.5 Å². The number of esters is 1. The summed E-state index contributed by atoms with van der Waals surface area (Å²) in [5.74, 6) is 0.743. The highest BCUT2D eigenvalue weighted by molar-refractivity contribution is 8.16. The summed E-state index contributed by atoms with van der Waals surface area (Å²) >= 11 is 1.45. The number of rotatable bonds is 9. The van der Waals surface area contributed by atoms with Crippen molar-refractivity contribution in [2.45, 2.75) is 32.2 Å². The third-order valence-electron chi connectivity index (χ3n) is 6.26. The van der Waals surface area contributed by atoms with Gasteiger partial charge >= 0.3 is 5.97 Å². The largest absolute Gasteiger partial charge is 0.493 e. The second kappa shape index (κ2) is 11.2. The monoisotopic (exact) mass is 501 g/mol. The molecule has 0 aliphatic carbocycles. The van der Waals surface area contributed by atoms with Crippen LogP contribution in [0.15, 0.2) is 45.6 Å². The molecule has 1 amide bonds. The predicted molar refractivity (Wildman–Crippen MR) is 133 cm³/mol. The molecule has 4 rings (SSSR count). The van der Waals surface area contributed by atoms with Crippen molar-refractivity contribution >= 4 is 28.8 Å². The number of benzene rings is 1. The van der Waals surface area contributed by atoms with E-state index < -0.39 is 12.0 Å². The fourth-order valence-corrected chi connectivity index (χ4v) is 5.46. The average Bonchev–Trinajstić information content (AvgIpc) is 3.53. The molecule has 0 radical (unpaired) electrons. The van der Waals surface area contributed by atoms with Crippen LogP contribution in [-0.4, -0.2) is 74.5 Å². The van der Waals surface area contributed by atoms with Crippen LogP contribution in [0.25, 0.3) is 0 Å². The lowest BCUT2D eigenvalue weighted by Gasteiger charge is -2.36. The number of likely N-dealkylation sites (tertiary alicyclic amines) is 1. The first kappa shape index (κ1) is 25.1. The number of fused-ring (bicyclic) bond motifs is 1. The van der Waals surface area contributed by atoms with Crippen molar-refractivity contribution in [1.29, 1.82) is 0 Å². The third kappa shape index (κ3) is 5.18. The SMILES string of the molecule is COCCOC(=O)C1=C(C)N=C2SC=C(CC(=O)N3CCCC3)N2[C@H]1c1ccc(OC)c(OC)c1. The Balaban J connectivity index is 1.72. The Hall–Kier alpha value is -2.98. The van der Waals surface area contributed by atoms with Crippen molar-refractivity contribution in [3.05, 3.63) is 46.1 Å². The van der Waals surface area contributed by atoms with Crippen LogP contribution in [-0.2, 0) is 19.1 Å². The van der Waals surface area contributed by atoms with Gasteiger partial charge in [-0.1, -0.05) is 17.8 Å². The molecular weight excluding hydrogens is 470 g/mol. The van der Waals surface area contributed by atoms with E-state index in [9.17, 15) is 9.59 Å². The standard InChI is InChI=1S/C25H31N3O6S/c1-16-22(24(30)34-12-11-31-2)23(17-7-8-19(32-3)20(13-17)33-4)28-18(15-35-25(28)26-16)14-21(29)27-9-5-6-10-27/h7-8,13,15,23H,5-6,9-12,14H2,1-4H3/t23-/m0/s1. The highest BCUT2D eigenvalue weighted by atomic mass is 32.2. The first-order chi connectivity index (χ1) is 17.0. The van der Waals surface area contributed by atoms with E-state index in [0.29, 0.717) is 29.4 Å². The molecule has 1 saturated heterocycles. The quantitative estimate of drug-likeness (QED) is 0.375. The summed E-state index contributed by atoms with van der Waals surface area (Å²) in [5, 5.41) is 2.67. The normalized spacial score (nSPS) is 19.4. The number of aliphatic imine (C=N–C) groups is 1. The van der Waals surface area contributed by atoms with E-state index in [2.05, 4.69) is 0 Å². The molecule has 0 saturated carbocycles. The van der Waals surface area contributed by atoms with Gasteiger partial charge in [0.25, 0.3) is 0 Å². The Bertz CT molecular complexity index is 1080. The molecule has 1 aromatic rings. The lowest BCUT2D eigenvalue weighted by Crippen LogP contribution is -2.38. The van der Waals surface area contributed by atoms with Gasteiger partial charge in [0.2, 0.25) is 5.91 Å². The van der Waals surface area contributed by atoms with Crippen molar-refractivity contribution in [3.63, 3.8) is 0 Å². The van der Waals surface area contributed by atoms with Crippen LogP contribution >= 0.6 is 11.8 Å². The maximum atomic E-state index is 13.3. The van der Waals surface area contributed by atoms with E-state index in [0.717, 1.165) is 42.4 Å². The van der Waals surface area contributed by atoms with Crippen LogP contribution in [0.3, 0.4) is 0 Å². The molecule has 0 N–H and O–H groups in total. The van der Waals surface area contributed by atoms with Gasteiger partial charge in [-0.15, -0.1) is 0 Å². The molecule has 3 aliphatic rings. The molecular formula is C25H31N3O6S. The fraction of sp³-hybridized carbons (Fsp3) is 0.480. The molecule has 0 spiro atoms. The minimum absolute atomic E-state index is 0.0807. The Kier molecular flexibility index (Phi) is 8.02. The minimum Gasteiger partial charge on any atom is -0.493 e. The van der Waals surface area contributed by atoms with Gasteiger partial charge < -0.3 is 28.7 Å². The molecule has 0 aromatic heterocycles. The van der Waals surface area contributed by atoms with Crippen molar-refractivity contribution in [1.82, 2.24) is 9.80 Å². The Morgan fingerprint density at radius 2 is 1.83 bits per heavy atom. The molecule has 35 heavy (non-hydrogen) atoms. The number of carbonyl (C=O) groups is 2. The topological polar surface area (TPSA) is 89.9 Å². The molecule has 0 unspecified atom stereocenters. The van der Waals surface area contributed by atoms with Crippen LogP contribution in [0.1, 0.15) is 37.8 Å². The molecule has 10 heteroatoms. The van der Waals surface area contributed by atoms with E-state index in [1.54, 1.807) is 28.3 Å². The lowest BCUT2D eigenvalue weighted by atomic mass is 9.93. The van der Waals surface area contributed by atoms with Gasteiger partial charge in [0.15, 0.2) is 16.7 Å². The molecule has 9 nitrogen and oxygen atoms in total. The zero-order valence-corrected chi connectivity index (χ0v) is 21.4. The smallest absolute Gasteiger partial charge is 0.338 e. The lowest BCUT2D eigenvalue weighted by molar-refractivity contribution is -0.141. The Morgan fingerprint density at radius 1 is 1.09 bits per heavy atom. The maximum Gasteiger partial charge on any atom is 0.338 e. The first-order valence-electron chi connectivity index (χ1n) is 11.6. The van der Waals surface area contributed by atoms with E-state index in [4.69, 9.17) is 23.9 Å². The second-order valence-electron chi connectivity index (χ2n) is 8.40. The predicted octanol–water partition coefficient (Wildman–Crippen LogP) is 3.48.